The molecule has 0 amide bonds. The van der Waals surface area contributed by atoms with Gasteiger partial charge < -0.3 is 10.1 Å². The molecule has 1 aromatic carbocycles. The van der Waals surface area contributed by atoms with Gasteiger partial charge in [0.25, 0.3) is 0 Å². The number of methoxy groups -OCH3 is 1. The van der Waals surface area contributed by atoms with E-state index in [0.717, 1.165) is 11.3 Å². The molecule has 0 atom stereocenters. The van der Waals surface area contributed by atoms with Crippen LogP contribution >= 0.6 is 11.6 Å². The molecule has 0 unspecified atom stereocenters. The Morgan fingerprint density at radius 1 is 1.47 bits per heavy atom. The molecule has 1 N–H and O–H groups in total. The minimum atomic E-state index is -0.332. The molecule has 0 aliphatic rings. The Morgan fingerprint density at radius 3 is 3.05 bits per heavy atom. The van der Waals surface area contributed by atoms with Crippen molar-refractivity contribution in [2.45, 2.75) is 13.1 Å². The van der Waals surface area contributed by atoms with Gasteiger partial charge in [-0.3, -0.25) is 4.68 Å². The third kappa shape index (κ3) is 3.94. The molecule has 0 bridgehead atoms. The molecule has 6 heteroatoms. The normalized spacial score (nSPS) is 10.7. The van der Waals surface area contributed by atoms with E-state index < -0.39 is 0 Å². The summed E-state index contributed by atoms with van der Waals surface area (Å²) in [5.74, 6) is -0.332. The summed E-state index contributed by atoms with van der Waals surface area (Å²) in [7, 11) is 1.65. The first-order valence-electron chi connectivity index (χ1n) is 5.88. The molecule has 2 rings (SSSR count). The molecule has 0 radical (unpaired) electrons. The molecule has 0 spiro atoms. The molecule has 19 heavy (non-hydrogen) atoms. The first-order valence-corrected chi connectivity index (χ1v) is 6.26. The Labute approximate surface area is 116 Å². The first-order chi connectivity index (χ1) is 9.19. The third-order valence-corrected chi connectivity index (χ3v) is 3.01. The fraction of sp³-hybridized carbons (Fsp3) is 0.308. The van der Waals surface area contributed by atoms with E-state index in [2.05, 4.69) is 10.4 Å². The highest BCUT2D eigenvalue weighted by molar-refractivity contribution is 6.31. The summed E-state index contributed by atoms with van der Waals surface area (Å²) < 4.78 is 19.7. The van der Waals surface area contributed by atoms with Gasteiger partial charge in [0.15, 0.2) is 0 Å². The zero-order chi connectivity index (χ0) is 13.7. The van der Waals surface area contributed by atoms with Crippen molar-refractivity contribution in [1.82, 2.24) is 9.78 Å². The first kappa shape index (κ1) is 13.8. The summed E-state index contributed by atoms with van der Waals surface area (Å²) in [5, 5.41) is 7.79. The number of anilines is 1. The van der Waals surface area contributed by atoms with Gasteiger partial charge in [0.2, 0.25) is 0 Å². The predicted octanol–water partition coefficient (Wildman–Crippen LogP) is 2.93. The van der Waals surface area contributed by atoms with Crippen molar-refractivity contribution in [3.8, 4) is 0 Å². The second kappa shape index (κ2) is 6.54. The Hall–Kier alpha value is -1.59. The lowest BCUT2D eigenvalue weighted by Crippen LogP contribution is -2.04. The lowest BCUT2D eigenvalue weighted by molar-refractivity contribution is 0.183. The molecular weight excluding hydrogens is 269 g/mol. The Morgan fingerprint density at radius 2 is 2.32 bits per heavy atom. The summed E-state index contributed by atoms with van der Waals surface area (Å²) in [6.07, 6.45) is 3.61. The molecule has 0 aliphatic heterocycles. The summed E-state index contributed by atoms with van der Waals surface area (Å²) in [5.41, 5.74) is 1.73. The van der Waals surface area contributed by atoms with Crippen molar-refractivity contribution in [2.24, 2.45) is 0 Å². The Bertz CT molecular complexity index is 544. The zero-order valence-electron chi connectivity index (χ0n) is 10.6. The van der Waals surface area contributed by atoms with E-state index in [1.807, 2.05) is 6.20 Å². The van der Waals surface area contributed by atoms with Gasteiger partial charge in [0.05, 0.1) is 25.0 Å². The number of rotatable bonds is 6. The lowest BCUT2D eigenvalue weighted by atomic mass is 10.2. The maximum atomic E-state index is 12.9. The average Bonchev–Trinajstić information content (AvgIpc) is 2.83. The van der Waals surface area contributed by atoms with Gasteiger partial charge >= 0.3 is 0 Å². The van der Waals surface area contributed by atoms with Crippen LogP contribution in [-0.2, 0) is 17.8 Å². The predicted molar refractivity (Wildman–Crippen MR) is 72.8 cm³/mol. The minimum absolute atomic E-state index is 0.332. The van der Waals surface area contributed by atoms with Crippen molar-refractivity contribution in [3.63, 3.8) is 0 Å². The number of ether oxygens (including phenoxy) is 1. The maximum Gasteiger partial charge on any atom is 0.124 e. The van der Waals surface area contributed by atoms with Crippen LogP contribution in [0.5, 0.6) is 0 Å². The van der Waals surface area contributed by atoms with Gasteiger partial charge in [0.1, 0.15) is 5.82 Å². The summed E-state index contributed by atoms with van der Waals surface area (Å²) >= 11 is 5.95. The van der Waals surface area contributed by atoms with Crippen LogP contribution < -0.4 is 5.32 Å². The van der Waals surface area contributed by atoms with Crippen LogP contribution in [0.25, 0.3) is 0 Å². The highest BCUT2D eigenvalue weighted by atomic mass is 35.5. The Balaban J connectivity index is 1.92. The monoisotopic (exact) mass is 283 g/mol. The van der Waals surface area contributed by atoms with Crippen LogP contribution in [-0.4, -0.2) is 23.5 Å². The van der Waals surface area contributed by atoms with E-state index in [9.17, 15) is 4.39 Å². The van der Waals surface area contributed by atoms with Gasteiger partial charge in [0, 0.05) is 24.9 Å². The average molecular weight is 284 g/mol. The number of halogens is 2. The van der Waals surface area contributed by atoms with E-state index in [1.54, 1.807) is 24.1 Å². The summed E-state index contributed by atoms with van der Waals surface area (Å²) in [4.78, 5) is 0. The van der Waals surface area contributed by atoms with Gasteiger partial charge in [-0.05, 0) is 17.7 Å². The summed E-state index contributed by atoms with van der Waals surface area (Å²) in [6, 6.07) is 4.37. The van der Waals surface area contributed by atoms with Crippen LogP contribution in [0.15, 0.2) is 30.6 Å². The molecule has 1 aromatic heterocycles. The van der Waals surface area contributed by atoms with Crippen LogP contribution in [0, 0.1) is 5.82 Å². The van der Waals surface area contributed by atoms with Crippen molar-refractivity contribution in [2.75, 3.05) is 19.0 Å². The molecule has 2 aromatic rings. The number of benzene rings is 1. The fourth-order valence-electron chi connectivity index (χ4n) is 1.62. The van der Waals surface area contributed by atoms with Gasteiger partial charge in [-0.2, -0.15) is 5.10 Å². The van der Waals surface area contributed by atoms with Crippen LogP contribution in [0.1, 0.15) is 5.56 Å². The topological polar surface area (TPSA) is 39.1 Å². The van der Waals surface area contributed by atoms with Crippen molar-refractivity contribution < 1.29 is 9.13 Å². The molecule has 1 heterocycles. The minimum Gasteiger partial charge on any atom is -0.383 e. The van der Waals surface area contributed by atoms with Crippen molar-refractivity contribution >= 4 is 17.3 Å². The number of hydrogen-bond donors (Lipinski definition) is 1. The SMILES string of the molecule is COCCn1cc(NCc2ccc(F)cc2Cl)cn1. The highest BCUT2D eigenvalue weighted by Crippen LogP contribution is 2.18. The van der Waals surface area contributed by atoms with Gasteiger partial charge in [-0.15, -0.1) is 0 Å². The Kier molecular flexibility index (Phi) is 4.76. The number of nitrogens with zero attached hydrogens (tertiary/aromatic N) is 2. The van der Waals surface area contributed by atoms with Crippen LogP contribution in [0.3, 0.4) is 0 Å². The van der Waals surface area contributed by atoms with Gasteiger partial charge in [-0.25, -0.2) is 4.39 Å². The molecule has 102 valence electrons. The third-order valence-electron chi connectivity index (χ3n) is 2.66. The number of nitrogens with one attached hydrogen (secondary N) is 1. The lowest BCUT2D eigenvalue weighted by Gasteiger charge is -2.06. The maximum absolute atomic E-state index is 12.9. The molecule has 0 saturated heterocycles. The van der Waals surface area contributed by atoms with Crippen molar-refractivity contribution in [3.05, 3.63) is 47.0 Å². The van der Waals surface area contributed by atoms with Crippen molar-refractivity contribution in [1.29, 1.82) is 0 Å². The fourth-order valence-corrected chi connectivity index (χ4v) is 1.86. The second-order valence-electron chi connectivity index (χ2n) is 4.07. The zero-order valence-corrected chi connectivity index (χ0v) is 11.3. The standard InChI is InChI=1S/C13H15ClFN3O/c1-19-5-4-18-9-12(8-17-18)16-7-10-2-3-11(15)6-13(10)14/h2-3,6,8-9,16H,4-5,7H2,1H3. The molecule has 4 nitrogen and oxygen atoms in total. The highest BCUT2D eigenvalue weighted by Gasteiger charge is 2.03. The van der Waals surface area contributed by atoms with Crippen LogP contribution in [0.4, 0.5) is 10.1 Å². The van der Waals surface area contributed by atoms with Gasteiger partial charge in [-0.1, -0.05) is 17.7 Å². The van der Waals surface area contributed by atoms with Crippen LogP contribution in [0.2, 0.25) is 5.02 Å². The summed E-state index contributed by atoms with van der Waals surface area (Å²) in [6.45, 7) is 1.84. The van der Waals surface area contributed by atoms with E-state index in [-0.39, 0.29) is 5.82 Å². The number of aromatic nitrogens is 2. The molecule has 0 fully saturated rings. The smallest absolute Gasteiger partial charge is 0.124 e. The quantitative estimate of drug-likeness (QED) is 0.886. The molecule has 0 saturated carbocycles. The molecular formula is C13H15ClFN3O. The number of hydrogen-bond acceptors (Lipinski definition) is 3. The second-order valence-corrected chi connectivity index (χ2v) is 4.48. The van der Waals surface area contributed by atoms with E-state index >= 15 is 0 Å². The van der Waals surface area contributed by atoms with E-state index in [1.165, 1.54) is 12.1 Å². The van der Waals surface area contributed by atoms with E-state index in [4.69, 9.17) is 16.3 Å². The van der Waals surface area contributed by atoms with E-state index in [0.29, 0.717) is 24.7 Å². The largest absolute Gasteiger partial charge is 0.383 e. The molecule has 0 aliphatic carbocycles.